The van der Waals surface area contributed by atoms with Gasteiger partial charge in [-0.3, -0.25) is 19.2 Å². The summed E-state index contributed by atoms with van der Waals surface area (Å²) in [4.78, 5) is 7.00. The maximum Gasteiger partial charge on any atom is 0.302 e. The van der Waals surface area contributed by atoms with E-state index in [9.17, 15) is 36.1 Å². The Labute approximate surface area is 148 Å². The van der Waals surface area contributed by atoms with Gasteiger partial charge in [0.05, 0.1) is 4.92 Å². The number of nitro groups is 1. The Morgan fingerprint density at radius 3 is 1.88 bits per heavy atom. The Hall–Kier alpha value is -2.80. The lowest BCUT2D eigenvalue weighted by Gasteiger charge is -2.09. The highest BCUT2D eigenvalue weighted by atomic mass is 32.2. The number of benzene rings is 2. The summed E-state index contributed by atoms with van der Waals surface area (Å²) < 4.78 is 65.0. The lowest BCUT2D eigenvalue weighted by molar-refractivity contribution is -0.388. The highest BCUT2D eigenvalue weighted by Crippen LogP contribution is 2.34. The van der Waals surface area contributed by atoms with E-state index in [-0.39, 0.29) is 5.56 Å². The van der Waals surface area contributed by atoms with Crippen LogP contribution in [0.5, 0.6) is 0 Å². The standard InChI is InChI=1S/C14H12N2O8S2/c15-11-6-2-9(3-7-11)1-4-10-5-8-12(16(17)18)14(26(22,23)24)13(10)25(19,20)21/h1-8H,15H2,(H,19,20,21)(H,22,23,24). The average molecular weight is 400 g/mol. The number of anilines is 1. The van der Waals surface area contributed by atoms with Crippen LogP contribution in [-0.2, 0) is 20.2 Å². The van der Waals surface area contributed by atoms with Crippen molar-refractivity contribution in [1.29, 1.82) is 0 Å². The summed E-state index contributed by atoms with van der Waals surface area (Å²) in [5.41, 5.74) is 5.00. The Morgan fingerprint density at radius 1 is 0.885 bits per heavy atom. The Kier molecular flexibility index (Phi) is 5.13. The van der Waals surface area contributed by atoms with Crippen LogP contribution in [0.1, 0.15) is 11.1 Å². The molecule has 0 aliphatic carbocycles. The van der Waals surface area contributed by atoms with E-state index in [4.69, 9.17) is 5.73 Å². The topological polar surface area (TPSA) is 178 Å². The molecule has 0 saturated heterocycles. The molecule has 0 aliphatic heterocycles. The highest BCUT2D eigenvalue weighted by Gasteiger charge is 2.35. The SMILES string of the molecule is Nc1ccc(C=Cc2ccc([N+](=O)[O-])c(S(=O)(=O)O)c2S(=O)(=O)O)cc1. The molecule has 2 rings (SSSR count). The van der Waals surface area contributed by atoms with E-state index >= 15 is 0 Å². The third kappa shape index (κ3) is 4.23. The van der Waals surface area contributed by atoms with Gasteiger partial charge in [-0.1, -0.05) is 24.3 Å². The van der Waals surface area contributed by atoms with E-state index in [0.29, 0.717) is 17.3 Å². The number of rotatable bonds is 5. The minimum absolute atomic E-state index is 0.373. The van der Waals surface area contributed by atoms with Gasteiger partial charge in [0.25, 0.3) is 15.8 Å². The van der Waals surface area contributed by atoms with Crippen LogP contribution in [0, 0.1) is 10.1 Å². The Morgan fingerprint density at radius 2 is 1.42 bits per heavy atom. The number of nitrogens with zero attached hydrogens (tertiary/aromatic N) is 1. The van der Waals surface area contributed by atoms with Gasteiger partial charge in [0, 0.05) is 11.8 Å². The van der Waals surface area contributed by atoms with Gasteiger partial charge in [-0.05, 0) is 29.3 Å². The Bertz CT molecular complexity index is 1100. The first-order valence-corrected chi connectivity index (χ1v) is 9.59. The van der Waals surface area contributed by atoms with Crippen LogP contribution in [0.2, 0.25) is 0 Å². The monoisotopic (exact) mass is 400 g/mol. The van der Waals surface area contributed by atoms with Crippen LogP contribution >= 0.6 is 0 Å². The second-order valence-electron chi connectivity index (χ2n) is 5.04. The van der Waals surface area contributed by atoms with E-state index in [1.807, 2.05) is 0 Å². The van der Waals surface area contributed by atoms with Crippen LogP contribution in [0.15, 0.2) is 46.2 Å². The molecule has 0 spiro atoms. The highest BCUT2D eigenvalue weighted by molar-refractivity contribution is 7.89. The van der Waals surface area contributed by atoms with Crippen molar-refractivity contribution >= 4 is 43.8 Å². The van der Waals surface area contributed by atoms with Crippen molar-refractivity contribution < 1.29 is 30.9 Å². The maximum atomic E-state index is 11.7. The van der Waals surface area contributed by atoms with E-state index < -0.39 is 40.6 Å². The van der Waals surface area contributed by atoms with Crippen LogP contribution in [-0.4, -0.2) is 30.9 Å². The van der Waals surface area contributed by atoms with Crippen molar-refractivity contribution in [3.05, 3.63) is 57.6 Å². The third-order valence-electron chi connectivity index (χ3n) is 3.23. The zero-order valence-corrected chi connectivity index (χ0v) is 14.4. The Balaban J connectivity index is 2.79. The number of nitrogen functional groups attached to an aromatic ring is 1. The van der Waals surface area contributed by atoms with Gasteiger partial charge in [-0.15, -0.1) is 0 Å². The van der Waals surface area contributed by atoms with Gasteiger partial charge in [-0.25, -0.2) is 0 Å². The first-order chi connectivity index (χ1) is 11.9. The van der Waals surface area contributed by atoms with Gasteiger partial charge in [0.2, 0.25) is 0 Å². The quantitative estimate of drug-likeness (QED) is 0.222. The van der Waals surface area contributed by atoms with E-state index in [1.165, 1.54) is 6.08 Å². The van der Waals surface area contributed by atoms with Gasteiger partial charge in [0.1, 0.15) is 4.90 Å². The summed E-state index contributed by atoms with van der Waals surface area (Å²) in [5, 5.41) is 11.0. The number of nitro benzene ring substituents is 1. The third-order valence-corrected chi connectivity index (χ3v) is 5.24. The van der Waals surface area contributed by atoms with Crippen LogP contribution in [0.25, 0.3) is 12.2 Å². The molecule has 26 heavy (non-hydrogen) atoms. The molecule has 4 N–H and O–H groups in total. The van der Waals surface area contributed by atoms with Crippen molar-refractivity contribution in [1.82, 2.24) is 0 Å². The molecule has 0 radical (unpaired) electrons. The molecule has 0 atom stereocenters. The first kappa shape index (κ1) is 19.5. The molecule has 10 nitrogen and oxygen atoms in total. The fourth-order valence-electron chi connectivity index (χ4n) is 2.15. The van der Waals surface area contributed by atoms with Crippen molar-refractivity contribution in [3.63, 3.8) is 0 Å². The van der Waals surface area contributed by atoms with Gasteiger partial charge in [-0.2, -0.15) is 16.8 Å². The fourth-order valence-corrected chi connectivity index (χ4v) is 4.31. The number of hydrogen-bond acceptors (Lipinski definition) is 7. The molecule has 0 heterocycles. The molecule has 0 unspecified atom stereocenters. The minimum Gasteiger partial charge on any atom is -0.399 e. The van der Waals surface area contributed by atoms with Crippen LogP contribution in [0.4, 0.5) is 11.4 Å². The molecule has 0 saturated carbocycles. The maximum absolute atomic E-state index is 11.7. The second kappa shape index (κ2) is 6.84. The predicted octanol–water partition coefficient (Wildman–Crippen LogP) is 1.84. The molecule has 0 aromatic heterocycles. The largest absolute Gasteiger partial charge is 0.399 e. The first-order valence-electron chi connectivity index (χ1n) is 6.71. The lowest BCUT2D eigenvalue weighted by Crippen LogP contribution is -2.13. The summed E-state index contributed by atoms with van der Waals surface area (Å²) >= 11 is 0. The molecule has 12 heteroatoms. The molecule has 0 aliphatic rings. The molecular formula is C14H12N2O8S2. The summed E-state index contributed by atoms with van der Waals surface area (Å²) in [6, 6.07) is 7.91. The van der Waals surface area contributed by atoms with Gasteiger partial charge >= 0.3 is 10.1 Å². The number of nitrogens with two attached hydrogens (primary N) is 1. The summed E-state index contributed by atoms with van der Waals surface area (Å²) in [7, 11) is -10.6. The zero-order chi connectivity index (χ0) is 19.7. The molecule has 2 aromatic carbocycles. The van der Waals surface area contributed by atoms with Crippen LogP contribution in [0.3, 0.4) is 0 Å². The van der Waals surface area contributed by atoms with Crippen LogP contribution < -0.4 is 5.73 Å². The predicted molar refractivity (Wildman–Crippen MR) is 92.5 cm³/mol. The van der Waals surface area contributed by atoms with Crippen molar-refractivity contribution in [2.75, 3.05) is 5.73 Å². The molecule has 0 fully saturated rings. The van der Waals surface area contributed by atoms with Crippen molar-refractivity contribution in [2.45, 2.75) is 9.79 Å². The summed E-state index contributed by atoms with van der Waals surface area (Å²) in [6.07, 6.45) is 2.48. The average Bonchev–Trinajstić information content (AvgIpc) is 2.51. The fraction of sp³-hybridized carbons (Fsp3) is 0. The summed E-state index contributed by atoms with van der Waals surface area (Å²) in [6.45, 7) is 0. The van der Waals surface area contributed by atoms with E-state index in [0.717, 1.165) is 12.1 Å². The summed E-state index contributed by atoms with van der Waals surface area (Å²) in [5.74, 6) is 0. The molecule has 138 valence electrons. The van der Waals surface area contributed by atoms with E-state index in [2.05, 4.69) is 0 Å². The normalized spacial score (nSPS) is 12.4. The second-order valence-corrected chi connectivity index (χ2v) is 7.76. The van der Waals surface area contributed by atoms with Gasteiger partial charge < -0.3 is 5.73 Å². The minimum atomic E-state index is -5.33. The van der Waals surface area contributed by atoms with Crippen molar-refractivity contribution in [3.8, 4) is 0 Å². The number of hydrogen-bond donors (Lipinski definition) is 3. The molecular weight excluding hydrogens is 388 g/mol. The molecule has 0 amide bonds. The smallest absolute Gasteiger partial charge is 0.302 e. The molecule has 0 bridgehead atoms. The van der Waals surface area contributed by atoms with Crippen molar-refractivity contribution in [2.24, 2.45) is 0 Å². The van der Waals surface area contributed by atoms with E-state index in [1.54, 1.807) is 24.3 Å². The lowest BCUT2D eigenvalue weighted by atomic mass is 10.1. The van der Waals surface area contributed by atoms with Gasteiger partial charge in [0.15, 0.2) is 4.90 Å². The molecule has 2 aromatic rings. The zero-order valence-electron chi connectivity index (χ0n) is 12.8.